The van der Waals surface area contributed by atoms with Crippen molar-refractivity contribution in [2.75, 3.05) is 26.2 Å². The van der Waals surface area contributed by atoms with Crippen molar-refractivity contribution < 1.29 is 14.7 Å². The lowest BCUT2D eigenvalue weighted by atomic mass is 9.90. The summed E-state index contributed by atoms with van der Waals surface area (Å²) in [5.41, 5.74) is 1.44. The lowest BCUT2D eigenvalue weighted by Gasteiger charge is -2.30. The summed E-state index contributed by atoms with van der Waals surface area (Å²) in [6.07, 6.45) is 3.24. The summed E-state index contributed by atoms with van der Waals surface area (Å²) in [4.78, 5) is 1.49. The summed E-state index contributed by atoms with van der Waals surface area (Å²) < 4.78 is 6.66. The molecule has 0 aliphatic carbocycles. The molecular formula is C21H27BrNO2+. The molecule has 1 saturated heterocycles. The third-order valence-corrected chi connectivity index (χ3v) is 5.63. The van der Waals surface area contributed by atoms with Crippen LogP contribution in [0.15, 0.2) is 59.1 Å². The molecule has 134 valence electrons. The molecule has 0 saturated carbocycles. The first kappa shape index (κ1) is 18.4. The smallest absolute Gasteiger partial charge is 0.137 e. The number of hydrogen-bond donors (Lipinski definition) is 2. The van der Waals surface area contributed by atoms with E-state index in [4.69, 9.17) is 4.74 Å². The fraction of sp³-hybridized carbons (Fsp3) is 0.429. The van der Waals surface area contributed by atoms with Gasteiger partial charge in [-0.1, -0.05) is 42.5 Å². The van der Waals surface area contributed by atoms with Gasteiger partial charge in [-0.05, 0) is 58.8 Å². The SMILES string of the molecule is O[C@H](COc1ccccc1Br)C[NH+]1CCC(Cc2ccccc2)CC1. The van der Waals surface area contributed by atoms with E-state index in [1.54, 1.807) is 0 Å². The zero-order valence-electron chi connectivity index (χ0n) is 14.5. The maximum absolute atomic E-state index is 10.3. The summed E-state index contributed by atoms with van der Waals surface area (Å²) in [5.74, 6) is 1.57. The quantitative estimate of drug-likeness (QED) is 0.743. The monoisotopic (exact) mass is 404 g/mol. The molecule has 1 atom stereocenters. The predicted molar refractivity (Wildman–Crippen MR) is 104 cm³/mol. The van der Waals surface area contributed by atoms with E-state index in [9.17, 15) is 5.11 Å². The van der Waals surface area contributed by atoms with Gasteiger partial charge < -0.3 is 14.7 Å². The summed E-state index contributed by atoms with van der Waals surface area (Å²) in [5, 5.41) is 10.3. The molecule has 4 heteroatoms. The second-order valence-corrected chi connectivity index (χ2v) is 7.84. The van der Waals surface area contributed by atoms with Crippen molar-refractivity contribution in [2.45, 2.75) is 25.4 Å². The van der Waals surface area contributed by atoms with Gasteiger partial charge in [0, 0.05) is 0 Å². The van der Waals surface area contributed by atoms with Crippen LogP contribution in [0.3, 0.4) is 0 Å². The van der Waals surface area contributed by atoms with Gasteiger partial charge in [0.25, 0.3) is 0 Å². The standard InChI is InChI=1S/C21H26BrNO2/c22-20-8-4-5-9-21(20)25-16-19(24)15-23-12-10-18(11-13-23)14-17-6-2-1-3-7-17/h1-9,18-19,24H,10-16H2/p+1/t19-/m0/s1. The van der Waals surface area contributed by atoms with Crippen molar-refractivity contribution >= 4 is 15.9 Å². The Morgan fingerprint density at radius 2 is 1.72 bits per heavy atom. The number of rotatable bonds is 7. The number of benzene rings is 2. The van der Waals surface area contributed by atoms with Gasteiger partial charge in [-0.2, -0.15) is 0 Å². The van der Waals surface area contributed by atoms with E-state index < -0.39 is 6.10 Å². The Morgan fingerprint density at radius 3 is 2.44 bits per heavy atom. The second kappa shape index (κ2) is 9.37. The molecule has 1 aliphatic rings. The minimum atomic E-state index is -0.423. The lowest BCUT2D eigenvalue weighted by molar-refractivity contribution is -0.909. The van der Waals surface area contributed by atoms with Gasteiger partial charge >= 0.3 is 0 Å². The van der Waals surface area contributed by atoms with Gasteiger partial charge in [0.2, 0.25) is 0 Å². The number of aliphatic hydroxyl groups is 1. The summed E-state index contributed by atoms with van der Waals surface area (Å²) in [7, 11) is 0. The first-order chi connectivity index (χ1) is 12.2. The molecule has 2 N–H and O–H groups in total. The average Bonchev–Trinajstić information content (AvgIpc) is 2.64. The minimum absolute atomic E-state index is 0.347. The van der Waals surface area contributed by atoms with E-state index in [-0.39, 0.29) is 0 Å². The van der Waals surface area contributed by atoms with Gasteiger partial charge in [-0.3, -0.25) is 0 Å². The van der Waals surface area contributed by atoms with Gasteiger partial charge in [0.15, 0.2) is 0 Å². The third-order valence-electron chi connectivity index (χ3n) is 4.97. The van der Waals surface area contributed by atoms with Crippen LogP contribution < -0.4 is 9.64 Å². The number of halogens is 1. The molecule has 2 aromatic rings. The third kappa shape index (κ3) is 5.84. The second-order valence-electron chi connectivity index (χ2n) is 6.98. The van der Waals surface area contributed by atoms with Crippen LogP contribution in [0.1, 0.15) is 18.4 Å². The highest BCUT2D eigenvalue weighted by Gasteiger charge is 2.24. The molecule has 1 fully saturated rings. The van der Waals surface area contributed by atoms with Gasteiger partial charge in [-0.25, -0.2) is 0 Å². The largest absolute Gasteiger partial charge is 0.489 e. The molecule has 1 heterocycles. The maximum atomic E-state index is 10.3. The Kier molecular flexibility index (Phi) is 6.91. The summed E-state index contributed by atoms with van der Waals surface area (Å²) in [6.45, 7) is 3.40. The zero-order chi connectivity index (χ0) is 17.5. The number of hydrogen-bond acceptors (Lipinski definition) is 2. The van der Waals surface area contributed by atoms with E-state index in [0.717, 1.165) is 35.8 Å². The highest BCUT2D eigenvalue weighted by molar-refractivity contribution is 9.10. The Morgan fingerprint density at radius 1 is 1.04 bits per heavy atom. The lowest BCUT2D eigenvalue weighted by Crippen LogP contribution is -3.14. The van der Waals surface area contributed by atoms with Crippen LogP contribution in [0.25, 0.3) is 0 Å². The average molecular weight is 405 g/mol. The first-order valence-electron chi connectivity index (χ1n) is 9.13. The molecule has 0 bridgehead atoms. The molecule has 0 unspecified atom stereocenters. The molecule has 3 rings (SSSR count). The van der Waals surface area contributed by atoms with Crippen molar-refractivity contribution in [3.63, 3.8) is 0 Å². The van der Waals surface area contributed by atoms with Crippen molar-refractivity contribution in [3.8, 4) is 5.75 Å². The Labute approximate surface area is 158 Å². The summed E-state index contributed by atoms with van der Waals surface area (Å²) >= 11 is 3.47. The fourth-order valence-corrected chi connectivity index (χ4v) is 3.98. The summed E-state index contributed by atoms with van der Waals surface area (Å²) in [6, 6.07) is 18.5. The van der Waals surface area contributed by atoms with E-state index >= 15 is 0 Å². The van der Waals surface area contributed by atoms with Gasteiger partial charge in [0.1, 0.15) is 25.0 Å². The van der Waals surface area contributed by atoms with E-state index in [1.165, 1.54) is 29.7 Å². The zero-order valence-corrected chi connectivity index (χ0v) is 16.1. The topological polar surface area (TPSA) is 33.9 Å². The molecule has 0 spiro atoms. The van der Waals surface area contributed by atoms with Crippen LogP contribution >= 0.6 is 15.9 Å². The van der Waals surface area contributed by atoms with Crippen LogP contribution in [0.5, 0.6) is 5.75 Å². The molecular weight excluding hydrogens is 378 g/mol. The predicted octanol–water partition coefficient (Wildman–Crippen LogP) is 2.73. The molecule has 2 aromatic carbocycles. The van der Waals surface area contributed by atoms with Crippen LogP contribution in [-0.2, 0) is 6.42 Å². The van der Waals surface area contributed by atoms with Crippen LogP contribution in [0.2, 0.25) is 0 Å². The normalized spacial score (nSPS) is 21.7. The van der Waals surface area contributed by atoms with Crippen LogP contribution in [0, 0.1) is 5.92 Å². The molecule has 3 nitrogen and oxygen atoms in total. The Hall–Kier alpha value is -1.36. The number of aliphatic hydroxyl groups excluding tert-OH is 1. The number of likely N-dealkylation sites (tertiary alicyclic amines) is 1. The van der Waals surface area contributed by atoms with E-state index in [1.807, 2.05) is 24.3 Å². The van der Waals surface area contributed by atoms with Crippen LogP contribution in [0.4, 0.5) is 0 Å². The molecule has 0 radical (unpaired) electrons. The van der Waals surface area contributed by atoms with E-state index in [0.29, 0.717) is 6.61 Å². The minimum Gasteiger partial charge on any atom is -0.489 e. The van der Waals surface area contributed by atoms with Crippen molar-refractivity contribution in [1.82, 2.24) is 0 Å². The Balaban J connectivity index is 1.37. The van der Waals surface area contributed by atoms with Crippen molar-refractivity contribution in [1.29, 1.82) is 0 Å². The molecule has 1 aliphatic heterocycles. The fourth-order valence-electron chi connectivity index (χ4n) is 3.58. The van der Waals surface area contributed by atoms with E-state index in [2.05, 4.69) is 46.3 Å². The number of piperidine rings is 1. The van der Waals surface area contributed by atoms with Crippen molar-refractivity contribution in [3.05, 3.63) is 64.6 Å². The molecule has 25 heavy (non-hydrogen) atoms. The first-order valence-corrected chi connectivity index (χ1v) is 9.93. The number of ether oxygens (including phenoxy) is 1. The number of quaternary nitrogens is 1. The highest BCUT2D eigenvalue weighted by atomic mass is 79.9. The number of para-hydroxylation sites is 1. The maximum Gasteiger partial charge on any atom is 0.137 e. The Bertz CT molecular complexity index is 641. The van der Waals surface area contributed by atoms with Gasteiger partial charge in [0.05, 0.1) is 17.6 Å². The van der Waals surface area contributed by atoms with Gasteiger partial charge in [-0.15, -0.1) is 0 Å². The molecule has 0 amide bonds. The van der Waals surface area contributed by atoms with Crippen molar-refractivity contribution in [2.24, 2.45) is 5.92 Å². The molecule has 0 aromatic heterocycles. The number of nitrogens with one attached hydrogen (secondary N) is 1. The van der Waals surface area contributed by atoms with Crippen LogP contribution in [-0.4, -0.2) is 37.5 Å². The highest BCUT2D eigenvalue weighted by Crippen LogP contribution is 2.23.